The van der Waals surface area contributed by atoms with Crippen LogP contribution >= 0.6 is 44.1 Å². The van der Waals surface area contributed by atoms with Crippen molar-refractivity contribution in [1.29, 1.82) is 0 Å². The van der Waals surface area contributed by atoms with Crippen LogP contribution in [0.5, 0.6) is 11.5 Å². The molecule has 0 aliphatic heterocycles. The second-order valence-corrected chi connectivity index (χ2v) is 7.97. The zero-order valence-electron chi connectivity index (χ0n) is 15.3. The minimum atomic E-state index is 0.433. The first kappa shape index (κ1) is 20.8. The third kappa shape index (κ3) is 5.09. The van der Waals surface area contributed by atoms with E-state index in [-0.39, 0.29) is 0 Å². The Morgan fingerprint density at radius 2 is 1.96 bits per heavy atom. The van der Waals surface area contributed by atoms with E-state index in [1.165, 1.54) is 0 Å². The molecule has 0 fully saturated rings. The Bertz CT molecular complexity index is 1050. The highest BCUT2D eigenvalue weighted by molar-refractivity contribution is 9.10. The maximum absolute atomic E-state index is 6.02. The number of H-pyrrole nitrogens is 1. The number of aromatic nitrogens is 3. The van der Waals surface area contributed by atoms with Gasteiger partial charge in [-0.15, -0.1) is 0 Å². The summed E-state index contributed by atoms with van der Waals surface area (Å²) in [6.07, 6.45) is 1.70. The zero-order chi connectivity index (χ0) is 20.1. The number of aromatic amines is 1. The smallest absolute Gasteiger partial charge is 0.216 e. The number of nitrogens with one attached hydrogen (secondary N) is 1. The molecule has 6 nitrogen and oxygen atoms in total. The van der Waals surface area contributed by atoms with E-state index >= 15 is 0 Å². The fourth-order valence-corrected chi connectivity index (χ4v) is 3.50. The second-order valence-electron chi connectivity index (χ2n) is 5.81. The number of hydrogen-bond donors (Lipinski definition) is 1. The Balaban J connectivity index is 1.85. The molecule has 3 aromatic rings. The standard InChI is InChI=1S/C19H18Br2N4O2S/c1-3-26-17-9-14(10-22-25-12(2)23-24-19(25)28)8-16(21)18(17)27-11-13-4-6-15(20)7-5-13/h4-10H,3,11H2,1-2H3,(H,24,28)/b22-10-. The van der Waals surface area contributed by atoms with Gasteiger partial charge in [0.15, 0.2) is 11.5 Å². The van der Waals surface area contributed by atoms with E-state index in [0.29, 0.717) is 35.3 Å². The lowest BCUT2D eigenvalue weighted by Gasteiger charge is -2.14. The van der Waals surface area contributed by atoms with Gasteiger partial charge in [0, 0.05) is 4.47 Å². The molecule has 0 spiro atoms. The predicted molar refractivity (Wildman–Crippen MR) is 119 cm³/mol. The monoisotopic (exact) mass is 524 g/mol. The van der Waals surface area contributed by atoms with Gasteiger partial charge in [-0.05, 0) is 77.4 Å². The van der Waals surface area contributed by atoms with Crippen molar-refractivity contribution in [2.75, 3.05) is 6.61 Å². The first-order valence-electron chi connectivity index (χ1n) is 8.50. The van der Waals surface area contributed by atoms with Crippen LogP contribution in [-0.4, -0.2) is 27.7 Å². The van der Waals surface area contributed by atoms with Crippen LogP contribution in [0.1, 0.15) is 23.9 Å². The summed E-state index contributed by atoms with van der Waals surface area (Å²) in [6, 6.07) is 11.8. The maximum atomic E-state index is 6.02. The van der Waals surface area contributed by atoms with E-state index in [4.69, 9.17) is 21.7 Å². The lowest BCUT2D eigenvalue weighted by atomic mass is 10.2. The molecule has 3 rings (SSSR count). The van der Waals surface area contributed by atoms with Gasteiger partial charge >= 0.3 is 0 Å². The lowest BCUT2D eigenvalue weighted by Crippen LogP contribution is -2.02. The van der Waals surface area contributed by atoms with Gasteiger partial charge in [-0.2, -0.15) is 14.9 Å². The summed E-state index contributed by atoms with van der Waals surface area (Å²) in [6.45, 7) is 4.71. The van der Waals surface area contributed by atoms with E-state index < -0.39 is 0 Å². The molecule has 9 heteroatoms. The molecule has 0 aliphatic rings. The Morgan fingerprint density at radius 1 is 1.21 bits per heavy atom. The van der Waals surface area contributed by atoms with Crippen LogP contribution in [0.3, 0.4) is 0 Å². The summed E-state index contributed by atoms with van der Waals surface area (Å²) < 4.78 is 15.6. The molecule has 28 heavy (non-hydrogen) atoms. The molecule has 1 N–H and O–H groups in total. The molecule has 1 heterocycles. The number of hydrogen-bond acceptors (Lipinski definition) is 5. The van der Waals surface area contributed by atoms with Gasteiger partial charge in [0.05, 0.1) is 17.3 Å². The third-order valence-electron chi connectivity index (χ3n) is 3.76. The van der Waals surface area contributed by atoms with Crippen molar-refractivity contribution < 1.29 is 9.47 Å². The summed E-state index contributed by atoms with van der Waals surface area (Å²) >= 11 is 12.2. The van der Waals surface area contributed by atoms with Crippen molar-refractivity contribution >= 4 is 50.3 Å². The summed E-state index contributed by atoms with van der Waals surface area (Å²) in [4.78, 5) is 0. The molecule has 2 aromatic carbocycles. The average Bonchev–Trinajstić information content (AvgIpc) is 2.99. The Hall–Kier alpha value is -1.97. The molecule has 0 bridgehead atoms. The van der Waals surface area contributed by atoms with Crippen LogP contribution < -0.4 is 9.47 Å². The molecule has 0 saturated carbocycles. The fourth-order valence-electron chi connectivity index (χ4n) is 2.43. The van der Waals surface area contributed by atoms with Crippen molar-refractivity contribution in [2.45, 2.75) is 20.5 Å². The highest BCUT2D eigenvalue weighted by Gasteiger charge is 2.12. The number of ether oxygens (including phenoxy) is 2. The Kier molecular flexibility index (Phi) is 7.03. The largest absolute Gasteiger partial charge is 0.490 e. The minimum Gasteiger partial charge on any atom is -0.490 e. The summed E-state index contributed by atoms with van der Waals surface area (Å²) in [5.74, 6) is 1.97. The Morgan fingerprint density at radius 3 is 2.61 bits per heavy atom. The van der Waals surface area contributed by atoms with Gasteiger partial charge in [-0.1, -0.05) is 28.1 Å². The summed E-state index contributed by atoms with van der Waals surface area (Å²) in [5, 5.41) is 11.1. The van der Waals surface area contributed by atoms with E-state index in [2.05, 4.69) is 47.2 Å². The maximum Gasteiger partial charge on any atom is 0.216 e. The average molecular weight is 526 g/mol. The molecular weight excluding hydrogens is 508 g/mol. The van der Waals surface area contributed by atoms with Gasteiger partial charge in [0.25, 0.3) is 0 Å². The number of benzene rings is 2. The first-order valence-corrected chi connectivity index (χ1v) is 10.5. The zero-order valence-corrected chi connectivity index (χ0v) is 19.3. The van der Waals surface area contributed by atoms with Crippen LogP contribution in [-0.2, 0) is 6.61 Å². The molecule has 146 valence electrons. The van der Waals surface area contributed by atoms with Gasteiger partial charge in [0.1, 0.15) is 12.4 Å². The van der Waals surface area contributed by atoms with Crippen molar-refractivity contribution in [1.82, 2.24) is 14.9 Å². The van der Waals surface area contributed by atoms with Crippen LogP contribution in [0.4, 0.5) is 0 Å². The molecule has 0 atom stereocenters. The molecule has 0 saturated heterocycles. The van der Waals surface area contributed by atoms with Gasteiger partial charge in [-0.3, -0.25) is 5.10 Å². The fraction of sp³-hybridized carbons (Fsp3) is 0.211. The SMILES string of the molecule is CCOc1cc(/C=N\n2c(C)n[nH]c2=S)cc(Br)c1OCc1ccc(Br)cc1. The number of halogens is 2. The lowest BCUT2D eigenvalue weighted by molar-refractivity contribution is 0.267. The van der Waals surface area contributed by atoms with Gasteiger partial charge in [0.2, 0.25) is 4.77 Å². The van der Waals surface area contributed by atoms with E-state index in [0.717, 1.165) is 20.1 Å². The second kappa shape index (κ2) is 9.49. The summed E-state index contributed by atoms with van der Waals surface area (Å²) in [5.41, 5.74) is 1.90. The van der Waals surface area contributed by atoms with Crippen LogP contribution in [0.15, 0.2) is 50.4 Å². The molecule has 0 amide bonds. The van der Waals surface area contributed by atoms with Crippen molar-refractivity contribution in [2.24, 2.45) is 5.10 Å². The van der Waals surface area contributed by atoms with Crippen molar-refractivity contribution in [3.05, 3.63) is 67.1 Å². The highest BCUT2D eigenvalue weighted by Crippen LogP contribution is 2.37. The third-order valence-corrected chi connectivity index (χ3v) is 5.14. The molecular formula is C19H18Br2N4O2S. The normalized spacial score (nSPS) is 11.1. The molecule has 1 aromatic heterocycles. The summed E-state index contributed by atoms with van der Waals surface area (Å²) in [7, 11) is 0. The van der Waals surface area contributed by atoms with Crippen LogP contribution in [0.2, 0.25) is 0 Å². The highest BCUT2D eigenvalue weighted by atomic mass is 79.9. The minimum absolute atomic E-state index is 0.433. The Labute approximate surface area is 184 Å². The number of rotatable bonds is 7. The van der Waals surface area contributed by atoms with Crippen molar-refractivity contribution in [3.63, 3.8) is 0 Å². The molecule has 0 radical (unpaired) electrons. The van der Waals surface area contributed by atoms with Crippen LogP contribution in [0, 0.1) is 11.7 Å². The quantitative estimate of drug-likeness (QED) is 0.320. The van der Waals surface area contributed by atoms with E-state index in [1.54, 1.807) is 10.9 Å². The first-order chi connectivity index (χ1) is 13.5. The van der Waals surface area contributed by atoms with Crippen molar-refractivity contribution in [3.8, 4) is 11.5 Å². The van der Waals surface area contributed by atoms with Gasteiger partial charge in [-0.25, -0.2) is 0 Å². The molecule has 0 aliphatic carbocycles. The van der Waals surface area contributed by atoms with Gasteiger partial charge < -0.3 is 9.47 Å². The molecule has 0 unspecified atom stereocenters. The van der Waals surface area contributed by atoms with E-state index in [9.17, 15) is 0 Å². The number of aryl methyl sites for hydroxylation is 1. The van der Waals surface area contributed by atoms with E-state index in [1.807, 2.05) is 50.2 Å². The predicted octanol–water partition coefficient (Wildman–Crippen LogP) is 5.63. The number of nitrogens with zero attached hydrogens (tertiary/aromatic N) is 3. The van der Waals surface area contributed by atoms with Crippen LogP contribution in [0.25, 0.3) is 0 Å². The topological polar surface area (TPSA) is 64.4 Å².